The summed E-state index contributed by atoms with van der Waals surface area (Å²) in [5.41, 5.74) is 1.21. The van der Waals surface area contributed by atoms with Gasteiger partial charge in [0.05, 0.1) is 4.88 Å². The van der Waals surface area contributed by atoms with E-state index in [0.29, 0.717) is 12.1 Å². The molecule has 0 aromatic carbocycles. The number of amides is 1. The number of aryl methyl sites for hydroxylation is 1. The van der Waals surface area contributed by atoms with E-state index < -0.39 is 0 Å². The van der Waals surface area contributed by atoms with Crippen molar-refractivity contribution in [3.63, 3.8) is 0 Å². The molecule has 3 heterocycles. The van der Waals surface area contributed by atoms with E-state index in [1.165, 1.54) is 31.4 Å². The fourth-order valence-electron chi connectivity index (χ4n) is 3.80. The normalized spacial score (nSPS) is 27.4. The first-order valence-electron chi connectivity index (χ1n) is 7.80. The molecular weight excluding hydrogens is 268 g/mol. The number of carbonyl (C=O) groups is 1. The van der Waals surface area contributed by atoms with E-state index in [-0.39, 0.29) is 5.91 Å². The first-order chi connectivity index (χ1) is 9.72. The van der Waals surface area contributed by atoms with E-state index in [2.05, 4.69) is 35.2 Å². The molecule has 2 atom stereocenters. The van der Waals surface area contributed by atoms with Crippen LogP contribution in [0.5, 0.6) is 0 Å². The Bertz CT molecular complexity index is 485. The maximum absolute atomic E-state index is 12.9. The molecular formula is C16H24N2OS. The second kappa shape index (κ2) is 5.86. The second-order valence-electron chi connectivity index (χ2n) is 6.03. The number of carbonyl (C=O) groups excluding carboxylic acids is 1. The Morgan fingerprint density at radius 2 is 2.05 bits per heavy atom. The van der Waals surface area contributed by atoms with Crippen LogP contribution in [0.2, 0.25) is 0 Å². The van der Waals surface area contributed by atoms with E-state index in [1.54, 1.807) is 11.3 Å². The molecule has 0 bridgehead atoms. The Morgan fingerprint density at radius 3 is 2.75 bits per heavy atom. The van der Waals surface area contributed by atoms with E-state index in [0.717, 1.165) is 24.3 Å². The largest absolute Gasteiger partial charge is 0.333 e. The van der Waals surface area contributed by atoms with Gasteiger partial charge in [-0.1, -0.05) is 6.92 Å². The number of likely N-dealkylation sites (tertiary alicyclic amines) is 2. The van der Waals surface area contributed by atoms with Gasteiger partial charge < -0.3 is 9.80 Å². The average Bonchev–Trinajstić information content (AvgIpc) is 3.17. The molecule has 3 nitrogen and oxygen atoms in total. The minimum absolute atomic E-state index is 0.277. The maximum Gasteiger partial charge on any atom is 0.264 e. The number of rotatable bonds is 3. The van der Waals surface area contributed by atoms with Gasteiger partial charge in [0.25, 0.3) is 5.91 Å². The highest BCUT2D eigenvalue weighted by Crippen LogP contribution is 2.31. The van der Waals surface area contributed by atoms with Crippen molar-refractivity contribution in [1.29, 1.82) is 0 Å². The van der Waals surface area contributed by atoms with Gasteiger partial charge in [0.2, 0.25) is 0 Å². The third-order valence-corrected chi connectivity index (χ3v) is 5.85. The SMILES string of the molecule is CCc1ccsc1C(=O)N1CCCC1C1CCCN1C. The zero-order valence-corrected chi connectivity index (χ0v) is 13.3. The van der Waals surface area contributed by atoms with Gasteiger partial charge in [0, 0.05) is 18.6 Å². The highest BCUT2D eigenvalue weighted by Gasteiger charge is 2.39. The Hall–Kier alpha value is -0.870. The first kappa shape index (κ1) is 14.1. The molecule has 0 N–H and O–H groups in total. The predicted octanol–water partition coefficient (Wildman–Crippen LogP) is 3.01. The van der Waals surface area contributed by atoms with Crippen molar-refractivity contribution in [2.45, 2.75) is 51.1 Å². The van der Waals surface area contributed by atoms with Crippen LogP contribution in [0.25, 0.3) is 0 Å². The lowest BCUT2D eigenvalue weighted by Crippen LogP contribution is -2.47. The molecule has 0 aliphatic carbocycles. The van der Waals surface area contributed by atoms with Crippen LogP contribution in [0.1, 0.15) is 47.8 Å². The molecule has 2 unspecified atom stereocenters. The predicted molar refractivity (Wildman–Crippen MR) is 83.4 cm³/mol. The number of hydrogen-bond donors (Lipinski definition) is 0. The lowest BCUT2D eigenvalue weighted by molar-refractivity contribution is 0.0668. The summed E-state index contributed by atoms with van der Waals surface area (Å²) < 4.78 is 0. The Kier molecular flexibility index (Phi) is 4.13. The molecule has 3 rings (SSSR count). The Balaban J connectivity index is 1.80. The fraction of sp³-hybridized carbons (Fsp3) is 0.688. The second-order valence-corrected chi connectivity index (χ2v) is 6.94. The topological polar surface area (TPSA) is 23.6 Å². The van der Waals surface area contributed by atoms with Gasteiger partial charge in [-0.3, -0.25) is 4.79 Å². The van der Waals surface area contributed by atoms with Crippen LogP contribution in [0.3, 0.4) is 0 Å². The lowest BCUT2D eigenvalue weighted by Gasteiger charge is -2.33. The maximum atomic E-state index is 12.9. The van der Waals surface area contributed by atoms with Crippen LogP contribution in [-0.2, 0) is 6.42 Å². The van der Waals surface area contributed by atoms with Crippen LogP contribution in [-0.4, -0.2) is 47.9 Å². The molecule has 110 valence electrons. The third-order valence-electron chi connectivity index (χ3n) is 4.90. The van der Waals surface area contributed by atoms with E-state index in [9.17, 15) is 4.79 Å². The number of thiophene rings is 1. The van der Waals surface area contributed by atoms with Crippen LogP contribution in [0.4, 0.5) is 0 Å². The monoisotopic (exact) mass is 292 g/mol. The van der Waals surface area contributed by atoms with Crippen molar-refractivity contribution >= 4 is 17.2 Å². The minimum atomic E-state index is 0.277. The Morgan fingerprint density at radius 1 is 1.30 bits per heavy atom. The third kappa shape index (κ3) is 2.40. The van der Waals surface area contributed by atoms with E-state index in [4.69, 9.17) is 0 Å². The molecule has 0 radical (unpaired) electrons. The van der Waals surface area contributed by atoms with Gasteiger partial charge in [0.1, 0.15) is 0 Å². The summed E-state index contributed by atoms with van der Waals surface area (Å²) in [6.45, 7) is 4.25. The van der Waals surface area contributed by atoms with Crippen molar-refractivity contribution < 1.29 is 4.79 Å². The van der Waals surface area contributed by atoms with Crippen molar-refractivity contribution in [2.24, 2.45) is 0 Å². The summed E-state index contributed by atoms with van der Waals surface area (Å²) in [6.07, 6.45) is 5.81. The highest BCUT2D eigenvalue weighted by atomic mass is 32.1. The molecule has 1 aromatic rings. The summed E-state index contributed by atoms with van der Waals surface area (Å²) in [6, 6.07) is 3.11. The zero-order valence-electron chi connectivity index (χ0n) is 12.5. The number of likely N-dealkylation sites (N-methyl/N-ethyl adjacent to an activating group) is 1. The van der Waals surface area contributed by atoms with Gasteiger partial charge in [-0.25, -0.2) is 0 Å². The van der Waals surface area contributed by atoms with Gasteiger partial charge in [-0.2, -0.15) is 0 Å². The lowest BCUT2D eigenvalue weighted by atomic mass is 10.0. The summed E-state index contributed by atoms with van der Waals surface area (Å²) in [4.78, 5) is 18.5. The van der Waals surface area contributed by atoms with Crippen LogP contribution >= 0.6 is 11.3 Å². The van der Waals surface area contributed by atoms with Gasteiger partial charge in [0.15, 0.2) is 0 Å². The molecule has 2 fully saturated rings. The summed E-state index contributed by atoms with van der Waals surface area (Å²) in [5, 5.41) is 2.05. The molecule has 20 heavy (non-hydrogen) atoms. The summed E-state index contributed by atoms with van der Waals surface area (Å²) >= 11 is 1.61. The van der Waals surface area contributed by atoms with Gasteiger partial charge >= 0.3 is 0 Å². The van der Waals surface area contributed by atoms with Gasteiger partial charge in [-0.05, 0) is 62.7 Å². The van der Waals surface area contributed by atoms with E-state index >= 15 is 0 Å². The summed E-state index contributed by atoms with van der Waals surface area (Å²) in [5.74, 6) is 0.277. The molecule has 0 saturated carbocycles. The molecule has 0 spiro atoms. The molecule has 2 saturated heterocycles. The quantitative estimate of drug-likeness (QED) is 0.855. The summed E-state index contributed by atoms with van der Waals surface area (Å²) in [7, 11) is 2.21. The molecule has 4 heteroatoms. The van der Waals surface area contributed by atoms with Crippen molar-refractivity contribution in [3.8, 4) is 0 Å². The smallest absolute Gasteiger partial charge is 0.264 e. The number of hydrogen-bond acceptors (Lipinski definition) is 3. The standard InChI is InChI=1S/C16H24N2OS/c1-3-12-8-11-20-15(12)16(19)18-10-5-7-14(18)13-6-4-9-17(13)2/h8,11,13-14H,3-7,9-10H2,1-2H3. The number of nitrogens with zero attached hydrogens (tertiary/aromatic N) is 2. The highest BCUT2D eigenvalue weighted by molar-refractivity contribution is 7.12. The molecule has 2 aliphatic rings. The van der Waals surface area contributed by atoms with Crippen molar-refractivity contribution in [1.82, 2.24) is 9.80 Å². The zero-order chi connectivity index (χ0) is 14.1. The molecule has 2 aliphatic heterocycles. The Labute approximate surface area is 125 Å². The molecule has 1 amide bonds. The average molecular weight is 292 g/mol. The van der Waals surface area contributed by atoms with E-state index in [1.807, 2.05) is 0 Å². The van der Waals surface area contributed by atoms with Crippen molar-refractivity contribution in [3.05, 3.63) is 21.9 Å². The first-order valence-corrected chi connectivity index (χ1v) is 8.68. The molecule has 1 aromatic heterocycles. The fourth-order valence-corrected chi connectivity index (χ4v) is 4.75. The minimum Gasteiger partial charge on any atom is -0.333 e. The van der Waals surface area contributed by atoms with Crippen LogP contribution < -0.4 is 0 Å². The van der Waals surface area contributed by atoms with Crippen LogP contribution in [0.15, 0.2) is 11.4 Å². The van der Waals surface area contributed by atoms with Crippen LogP contribution in [0, 0.1) is 0 Å². The van der Waals surface area contributed by atoms with Crippen molar-refractivity contribution in [2.75, 3.05) is 20.1 Å². The van der Waals surface area contributed by atoms with Gasteiger partial charge in [-0.15, -0.1) is 11.3 Å².